The molecular formula is C19H20ClN3O5. The third-order valence-electron chi connectivity index (χ3n) is 3.60. The van der Waals surface area contributed by atoms with E-state index >= 15 is 0 Å². The van der Waals surface area contributed by atoms with Crippen molar-refractivity contribution in [3.05, 3.63) is 58.6 Å². The van der Waals surface area contributed by atoms with Crippen molar-refractivity contribution in [1.82, 2.24) is 5.32 Å². The summed E-state index contributed by atoms with van der Waals surface area (Å²) in [6.07, 6.45) is 0. The SMILES string of the molecule is COCCNC(=O)c1ccc(NC(=O)COc2ccc(C(N)=O)cc2)cc1Cl. The number of anilines is 1. The molecule has 2 aromatic rings. The fourth-order valence-electron chi connectivity index (χ4n) is 2.20. The van der Waals surface area contributed by atoms with E-state index in [1.165, 1.54) is 31.4 Å². The Labute approximate surface area is 166 Å². The molecule has 0 unspecified atom stereocenters. The maximum atomic E-state index is 12.0. The topological polar surface area (TPSA) is 120 Å². The Bertz CT molecular complexity index is 855. The number of carbonyl (C=O) groups is 3. The van der Waals surface area contributed by atoms with E-state index in [0.717, 1.165) is 0 Å². The van der Waals surface area contributed by atoms with Gasteiger partial charge in [-0.1, -0.05) is 11.6 Å². The molecule has 0 atom stereocenters. The number of carbonyl (C=O) groups excluding carboxylic acids is 3. The molecule has 0 saturated heterocycles. The molecule has 0 aliphatic rings. The van der Waals surface area contributed by atoms with Crippen molar-refractivity contribution < 1.29 is 23.9 Å². The molecule has 2 rings (SSSR count). The van der Waals surface area contributed by atoms with Crippen LogP contribution in [0.5, 0.6) is 5.75 Å². The van der Waals surface area contributed by atoms with E-state index in [4.69, 9.17) is 26.8 Å². The van der Waals surface area contributed by atoms with Gasteiger partial charge in [0.15, 0.2) is 6.61 Å². The van der Waals surface area contributed by atoms with Crippen LogP contribution in [0.15, 0.2) is 42.5 Å². The quantitative estimate of drug-likeness (QED) is 0.550. The Morgan fingerprint density at radius 2 is 1.82 bits per heavy atom. The molecule has 0 aliphatic heterocycles. The summed E-state index contributed by atoms with van der Waals surface area (Å²) in [6, 6.07) is 10.7. The average Bonchev–Trinajstić information content (AvgIpc) is 2.67. The minimum Gasteiger partial charge on any atom is -0.484 e. The first kappa shape index (κ1) is 21.2. The average molecular weight is 406 g/mol. The summed E-state index contributed by atoms with van der Waals surface area (Å²) in [5.74, 6) is -0.867. The Balaban J connectivity index is 1.88. The molecule has 8 nitrogen and oxygen atoms in total. The molecule has 3 amide bonds. The fraction of sp³-hybridized carbons (Fsp3) is 0.211. The summed E-state index contributed by atoms with van der Waals surface area (Å²) in [7, 11) is 1.54. The van der Waals surface area contributed by atoms with Gasteiger partial charge in [-0.2, -0.15) is 0 Å². The lowest BCUT2D eigenvalue weighted by atomic mass is 10.2. The third-order valence-corrected chi connectivity index (χ3v) is 3.91. The van der Waals surface area contributed by atoms with Crippen LogP contribution < -0.4 is 21.1 Å². The van der Waals surface area contributed by atoms with E-state index in [1.54, 1.807) is 18.2 Å². The van der Waals surface area contributed by atoms with Gasteiger partial charge in [0, 0.05) is 24.9 Å². The predicted molar refractivity (Wildman–Crippen MR) is 105 cm³/mol. The first-order chi connectivity index (χ1) is 13.4. The third kappa shape index (κ3) is 6.26. The second-order valence-corrected chi connectivity index (χ2v) is 6.08. The zero-order valence-electron chi connectivity index (χ0n) is 15.2. The summed E-state index contributed by atoms with van der Waals surface area (Å²) < 4.78 is 10.2. The number of amides is 3. The van der Waals surface area contributed by atoms with Gasteiger partial charge in [-0.3, -0.25) is 14.4 Å². The predicted octanol–water partition coefficient (Wildman–Crippen LogP) is 1.83. The molecular weight excluding hydrogens is 386 g/mol. The number of ether oxygens (including phenoxy) is 2. The molecule has 2 aromatic carbocycles. The van der Waals surface area contributed by atoms with Crippen molar-refractivity contribution in [2.24, 2.45) is 5.73 Å². The van der Waals surface area contributed by atoms with Crippen LogP contribution in [0.1, 0.15) is 20.7 Å². The van der Waals surface area contributed by atoms with Crippen LogP contribution in [-0.4, -0.2) is 44.6 Å². The van der Waals surface area contributed by atoms with Gasteiger partial charge in [-0.15, -0.1) is 0 Å². The maximum Gasteiger partial charge on any atom is 0.262 e. The van der Waals surface area contributed by atoms with E-state index < -0.39 is 11.8 Å². The van der Waals surface area contributed by atoms with E-state index in [-0.39, 0.29) is 17.5 Å². The van der Waals surface area contributed by atoms with Crippen molar-refractivity contribution in [2.75, 3.05) is 32.2 Å². The standard InChI is InChI=1S/C19H20ClN3O5/c1-27-9-8-22-19(26)15-7-4-13(10-16(15)20)23-17(24)11-28-14-5-2-12(3-6-14)18(21)25/h2-7,10H,8-9,11H2,1H3,(H2,21,25)(H,22,26)(H,23,24). The van der Waals surface area contributed by atoms with Crippen molar-refractivity contribution in [2.45, 2.75) is 0 Å². The van der Waals surface area contributed by atoms with E-state index in [0.29, 0.717) is 35.7 Å². The Morgan fingerprint density at radius 1 is 1.11 bits per heavy atom. The van der Waals surface area contributed by atoms with Crippen LogP contribution in [0.25, 0.3) is 0 Å². The van der Waals surface area contributed by atoms with Crippen LogP contribution >= 0.6 is 11.6 Å². The fourth-order valence-corrected chi connectivity index (χ4v) is 2.47. The molecule has 28 heavy (non-hydrogen) atoms. The molecule has 9 heteroatoms. The smallest absolute Gasteiger partial charge is 0.262 e. The number of primary amides is 1. The van der Waals surface area contributed by atoms with Crippen LogP contribution in [0.4, 0.5) is 5.69 Å². The Kier molecular flexibility index (Phi) is 7.79. The summed E-state index contributed by atoms with van der Waals surface area (Å²) >= 11 is 6.12. The summed E-state index contributed by atoms with van der Waals surface area (Å²) in [6.45, 7) is 0.511. The highest BCUT2D eigenvalue weighted by atomic mass is 35.5. The number of hydrogen-bond acceptors (Lipinski definition) is 5. The number of methoxy groups -OCH3 is 1. The highest BCUT2D eigenvalue weighted by Gasteiger charge is 2.12. The number of nitrogens with one attached hydrogen (secondary N) is 2. The molecule has 0 heterocycles. The van der Waals surface area contributed by atoms with Gasteiger partial charge in [-0.05, 0) is 42.5 Å². The van der Waals surface area contributed by atoms with Crippen LogP contribution in [-0.2, 0) is 9.53 Å². The molecule has 0 fully saturated rings. The maximum absolute atomic E-state index is 12.0. The van der Waals surface area contributed by atoms with Gasteiger partial charge in [-0.25, -0.2) is 0 Å². The monoisotopic (exact) mass is 405 g/mol. The molecule has 148 valence electrons. The van der Waals surface area contributed by atoms with Gasteiger partial charge in [0.25, 0.3) is 11.8 Å². The summed E-state index contributed by atoms with van der Waals surface area (Å²) in [4.78, 5) is 35.0. The lowest BCUT2D eigenvalue weighted by molar-refractivity contribution is -0.118. The van der Waals surface area contributed by atoms with Gasteiger partial charge in [0.1, 0.15) is 5.75 Å². The lowest BCUT2D eigenvalue weighted by Crippen LogP contribution is -2.27. The Morgan fingerprint density at radius 3 is 2.43 bits per heavy atom. The summed E-state index contributed by atoms with van der Waals surface area (Å²) in [5, 5.41) is 5.50. The molecule has 0 aromatic heterocycles. The second-order valence-electron chi connectivity index (χ2n) is 5.67. The highest BCUT2D eigenvalue weighted by Crippen LogP contribution is 2.21. The second kappa shape index (κ2) is 10.3. The van der Waals surface area contributed by atoms with Gasteiger partial charge < -0.3 is 25.8 Å². The van der Waals surface area contributed by atoms with Gasteiger partial charge in [0.05, 0.1) is 17.2 Å². The van der Waals surface area contributed by atoms with Crippen molar-refractivity contribution in [3.63, 3.8) is 0 Å². The molecule has 0 bridgehead atoms. The number of benzene rings is 2. The van der Waals surface area contributed by atoms with Crippen LogP contribution in [0, 0.1) is 0 Å². The van der Waals surface area contributed by atoms with E-state index in [2.05, 4.69) is 10.6 Å². The van der Waals surface area contributed by atoms with Crippen LogP contribution in [0.2, 0.25) is 5.02 Å². The van der Waals surface area contributed by atoms with Crippen molar-refractivity contribution in [3.8, 4) is 5.75 Å². The van der Waals surface area contributed by atoms with Gasteiger partial charge in [0.2, 0.25) is 5.91 Å². The normalized spacial score (nSPS) is 10.2. The van der Waals surface area contributed by atoms with Crippen molar-refractivity contribution in [1.29, 1.82) is 0 Å². The molecule has 0 saturated carbocycles. The van der Waals surface area contributed by atoms with Gasteiger partial charge >= 0.3 is 0 Å². The minimum absolute atomic E-state index is 0.204. The molecule has 0 radical (unpaired) electrons. The first-order valence-corrected chi connectivity index (χ1v) is 8.67. The molecule has 0 aliphatic carbocycles. The van der Waals surface area contributed by atoms with Crippen molar-refractivity contribution >= 4 is 35.0 Å². The Hall–Kier alpha value is -3.10. The van der Waals surface area contributed by atoms with E-state index in [9.17, 15) is 14.4 Å². The van der Waals surface area contributed by atoms with Crippen LogP contribution in [0.3, 0.4) is 0 Å². The molecule has 4 N–H and O–H groups in total. The number of hydrogen-bond donors (Lipinski definition) is 3. The number of rotatable bonds is 9. The number of nitrogens with two attached hydrogens (primary N) is 1. The zero-order chi connectivity index (χ0) is 20.5. The highest BCUT2D eigenvalue weighted by molar-refractivity contribution is 6.34. The first-order valence-electron chi connectivity index (χ1n) is 8.30. The zero-order valence-corrected chi connectivity index (χ0v) is 15.9. The lowest BCUT2D eigenvalue weighted by Gasteiger charge is -2.10. The van der Waals surface area contributed by atoms with E-state index in [1.807, 2.05) is 0 Å². The number of halogens is 1. The summed E-state index contributed by atoms with van der Waals surface area (Å²) in [5.41, 5.74) is 6.22. The largest absolute Gasteiger partial charge is 0.484 e. The minimum atomic E-state index is -0.544. The molecule has 0 spiro atoms.